The fourth-order valence-corrected chi connectivity index (χ4v) is 3.53. The third-order valence-corrected chi connectivity index (χ3v) is 5.41. The standard InChI is InChI=1S/C18H16F6N4O/c19-17(20,21)16(18(22,23)24)8-9-27(10-16)15(29)13-25-14(11-6-7-11)28(26-13)12-4-2-1-3-5-12/h1-5,11H,6-10H2. The first-order valence-corrected chi connectivity index (χ1v) is 8.99. The van der Waals surface area contributed by atoms with Crippen LogP contribution in [-0.4, -0.2) is 51.0 Å². The van der Waals surface area contributed by atoms with Crippen molar-refractivity contribution in [2.45, 2.75) is 37.5 Å². The molecule has 2 aliphatic rings. The average molecular weight is 418 g/mol. The number of rotatable bonds is 3. The van der Waals surface area contributed by atoms with Gasteiger partial charge in [-0.2, -0.15) is 26.3 Å². The second-order valence-electron chi connectivity index (χ2n) is 7.37. The highest BCUT2D eigenvalue weighted by molar-refractivity contribution is 5.90. The van der Waals surface area contributed by atoms with Crippen molar-refractivity contribution in [3.05, 3.63) is 42.0 Å². The van der Waals surface area contributed by atoms with Crippen LogP contribution in [0.15, 0.2) is 30.3 Å². The van der Waals surface area contributed by atoms with Crippen LogP contribution in [0.2, 0.25) is 0 Å². The number of carbonyl (C=O) groups excluding carboxylic acids is 1. The number of carbonyl (C=O) groups is 1. The van der Waals surface area contributed by atoms with Crippen LogP contribution in [-0.2, 0) is 0 Å². The Morgan fingerprint density at radius 1 is 1.03 bits per heavy atom. The minimum Gasteiger partial charge on any atom is -0.335 e. The van der Waals surface area contributed by atoms with Crippen LogP contribution >= 0.6 is 0 Å². The molecule has 1 aromatic carbocycles. The van der Waals surface area contributed by atoms with Crippen LogP contribution in [0.4, 0.5) is 26.3 Å². The molecular weight excluding hydrogens is 402 g/mol. The van der Waals surface area contributed by atoms with Crippen molar-refractivity contribution in [2.24, 2.45) is 5.41 Å². The summed E-state index contributed by atoms with van der Waals surface area (Å²) >= 11 is 0. The van der Waals surface area contributed by atoms with E-state index in [2.05, 4.69) is 10.1 Å². The number of aromatic nitrogens is 3. The van der Waals surface area contributed by atoms with Crippen LogP contribution in [0.5, 0.6) is 0 Å². The molecule has 4 rings (SSSR count). The minimum absolute atomic E-state index is 0.0623. The molecule has 0 spiro atoms. The molecule has 1 amide bonds. The van der Waals surface area contributed by atoms with E-state index >= 15 is 0 Å². The van der Waals surface area contributed by atoms with Gasteiger partial charge in [-0.25, -0.2) is 9.67 Å². The first-order valence-electron chi connectivity index (χ1n) is 8.99. The molecule has 0 atom stereocenters. The molecule has 0 unspecified atom stereocenters. The zero-order valence-corrected chi connectivity index (χ0v) is 15.0. The lowest BCUT2D eigenvalue weighted by atomic mass is 9.85. The van der Waals surface area contributed by atoms with Gasteiger partial charge in [-0.1, -0.05) is 18.2 Å². The summed E-state index contributed by atoms with van der Waals surface area (Å²) in [5.74, 6) is -0.878. The van der Waals surface area contributed by atoms with E-state index < -0.39 is 49.0 Å². The first kappa shape index (κ1) is 19.7. The van der Waals surface area contributed by atoms with Crippen molar-refractivity contribution < 1.29 is 31.1 Å². The van der Waals surface area contributed by atoms with Crippen LogP contribution < -0.4 is 0 Å². The summed E-state index contributed by atoms with van der Waals surface area (Å²) in [5.41, 5.74) is -3.32. The third kappa shape index (κ3) is 3.25. The minimum atomic E-state index is -5.52. The molecule has 2 heterocycles. The van der Waals surface area contributed by atoms with Gasteiger partial charge in [-0.3, -0.25) is 4.79 Å². The van der Waals surface area contributed by atoms with E-state index in [1.54, 1.807) is 30.3 Å². The van der Waals surface area contributed by atoms with Gasteiger partial charge < -0.3 is 4.90 Å². The number of hydrogen-bond acceptors (Lipinski definition) is 3. The second-order valence-corrected chi connectivity index (χ2v) is 7.37. The average Bonchev–Trinajstić information content (AvgIpc) is 3.21. The summed E-state index contributed by atoms with van der Waals surface area (Å²) in [6, 6.07) is 8.72. The number of likely N-dealkylation sites (tertiary alicyclic amines) is 1. The Morgan fingerprint density at radius 2 is 1.66 bits per heavy atom. The molecule has 1 aromatic heterocycles. The van der Waals surface area contributed by atoms with Gasteiger partial charge in [0.25, 0.3) is 5.91 Å². The Balaban J connectivity index is 1.64. The SMILES string of the molecule is O=C(c1nc(C2CC2)n(-c2ccccc2)n1)N1CCC(C(F)(F)F)(C(F)(F)F)C1. The summed E-state index contributed by atoms with van der Waals surface area (Å²) in [6.45, 7) is -2.16. The van der Waals surface area contributed by atoms with Gasteiger partial charge in [-0.15, -0.1) is 5.10 Å². The molecule has 156 valence electrons. The molecule has 1 aliphatic heterocycles. The Bertz CT molecular complexity index is 903. The maximum absolute atomic E-state index is 13.3. The zero-order valence-electron chi connectivity index (χ0n) is 15.0. The number of benzene rings is 1. The molecule has 11 heteroatoms. The summed E-state index contributed by atoms with van der Waals surface area (Å²) in [7, 11) is 0. The molecule has 5 nitrogen and oxygen atoms in total. The first-order chi connectivity index (χ1) is 13.5. The summed E-state index contributed by atoms with van der Waals surface area (Å²) < 4.78 is 81.0. The van der Waals surface area contributed by atoms with Gasteiger partial charge in [0.2, 0.25) is 5.82 Å². The Labute approximate surface area is 161 Å². The van der Waals surface area contributed by atoms with Crippen LogP contribution in [0.25, 0.3) is 5.69 Å². The fraction of sp³-hybridized carbons (Fsp3) is 0.500. The van der Waals surface area contributed by atoms with Crippen molar-refractivity contribution in [1.82, 2.24) is 19.7 Å². The molecule has 0 bridgehead atoms. The fourth-order valence-electron chi connectivity index (χ4n) is 3.53. The van der Waals surface area contributed by atoms with Gasteiger partial charge in [0, 0.05) is 19.0 Å². The van der Waals surface area contributed by atoms with Gasteiger partial charge in [0.05, 0.1) is 5.69 Å². The smallest absolute Gasteiger partial charge is 0.335 e. The summed E-state index contributed by atoms with van der Waals surface area (Å²) in [5, 5.41) is 4.11. The van der Waals surface area contributed by atoms with Crippen molar-refractivity contribution >= 4 is 5.91 Å². The van der Waals surface area contributed by atoms with E-state index in [0.29, 0.717) is 16.4 Å². The van der Waals surface area contributed by atoms with E-state index in [-0.39, 0.29) is 5.92 Å². The predicted molar refractivity (Wildman–Crippen MR) is 88.4 cm³/mol. The van der Waals surface area contributed by atoms with Crippen molar-refractivity contribution in [2.75, 3.05) is 13.1 Å². The Morgan fingerprint density at radius 3 is 2.17 bits per heavy atom. The molecular formula is C18H16F6N4O. The van der Waals surface area contributed by atoms with Crippen molar-refractivity contribution in [3.63, 3.8) is 0 Å². The Hall–Kier alpha value is -2.59. The van der Waals surface area contributed by atoms with Crippen LogP contribution in [0, 0.1) is 5.41 Å². The lowest BCUT2D eigenvalue weighted by Crippen LogP contribution is -2.52. The molecule has 29 heavy (non-hydrogen) atoms. The number of alkyl halides is 6. The van der Waals surface area contributed by atoms with Crippen LogP contribution in [0.1, 0.15) is 41.6 Å². The van der Waals surface area contributed by atoms with E-state index in [1.165, 1.54) is 4.68 Å². The van der Waals surface area contributed by atoms with Crippen molar-refractivity contribution in [1.29, 1.82) is 0 Å². The third-order valence-electron chi connectivity index (χ3n) is 5.41. The number of para-hydroxylation sites is 1. The molecule has 1 saturated heterocycles. The van der Waals surface area contributed by atoms with E-state index in [4.69, 9.17) is 0 Å². The van der Waals surface area contributed by atoms with Gasteiger partial charge in [0.1, 0.15) is 5.82 Å². The number of amides is 1. The molecule has 0 radical (unpaired) electrons. The molecule has 2 aromatic rings. The highest BCUT2D eigenvalue weighted by Crippen LogP contribution is 2.55. The van der Waals surface area contributed by atoms with Gasteiger partial charge >= 0.3 is 12.4 Å². The van der Waals surface area contributed by atoms with Gasteiger partial charge in [0.15, 0.2) is 5.41 Å². The largest absolute Gasteiger partial charge is 0.404 e. The maximum Gasteiger partial charge on any atom is 0.404 e. The molecule has 1 aliphatic carbocycles. The topological polar surface area (TPSA) is 51.0 Å². The van der Waals surface area contributed by atoms with Crippen molar-refractivity contribution in [3.8, 4) is 5.69 Å². The van der Waals surface area contributed by atoms with E-state index in [1.807, 2.05) is 0 Å². The predicted octanol–water partition coefficient (Wildman–Crippen LogP) is 4.10. The lowest BCUT2D eigenvalue weighted by Gasteiger charge is -2.33. The second kappa shape index (κ2) is 6.46. The Kier molecular flexibility index (Phi) is 4.39. The van der Waals surface area contributed by atoms with Gasteiger partial charge in [-0.05, 0) is 31.4 Å². The molecule has 2 fully saturated rings. The molecule has 0 N–H and O–H groups in total. The monoisotopic (exact) mass is 418 g/mol. The highest BCUT2D eigenvalue weighted by atomic mass is 19.4. The maximum atomic E-state index is 13.3. The highest BCUT2D eigenvalue weighted by Gasteiger charge is 2.73. The number of nitrogens with zero attached hydrogens (tertiary/aromatic N) is 4. The quantitative estimate of drug-likeness (QED) is 0.706. The summed E-state index contributed by atoms with van der Waals surface area (Å²) in [4.78, 5) is 17.4. The zero-order chi connectivity index (χ0) is 21.0. The number of hydrogen-bond donors (Lipinski definition) is 0. The molecule has 1 saturated carbocycles. The van der Waals surface area contributed by atoms with Crippen LogP contribution in [0.3, 0.4) is 0 Å². The lowest BCUT2D eigenvalue weighted by molar-refractivity contribution is -0.334. The summed E-state index contributed by atoms with van der Waals surface area (Å²) in [6.07, 6.45) is -10.6. The van der Waals surface area contributed by atoms with E-state index in [9.17, 15) is 31.1 Å². The number of halogens is 6. The van der Waals surface area contributed by atoms with E-state index in [0.717, 1.165) is 12.8 Å². The normalized spacial score (nSPS) is 19.6.